The molecule has 0 radical (unpaired) electrons. The van der Waals surface area contributed by atoms with Gasteiger partial charge in [0.15, 0.2) is 10.8 Å². The molecule has 0 unspecified atom stereocenters. The molecule has 0 bridgehead atoms. The van der Waals surface area contributed by atoms with Crippen molar-refractivity contribution < 1.29 is 9.53 Å². The summed E-state index contributed by atoms with van der Waals surface area (Å²) in [6.45, 7) is 6.23. The van der Waals surface area contributed by atoms with Gasteiger partial charge in [0.25, 0.3) is 0 Å². The minimum atomic E-state index is -0.103. The molecule has 0 saturated heterocycles. The number of hydrogen-bond donors (Lipinski definition) is 1. The molecule has 2 aromatic carbocycles. The molecule has 32 heavy (non-hydrogen) atoms. The summed E-state index contributed by atoms with van der Waals surface area (Å²) >= 11 is 1.55. The zero-order valence-corrected chi connectivity index (χ0v) is 19.7. The Balaban J connectivity index is 1.48. The lowest BCUT2D eigenvalue weighted by atomic mass is 10.1. The number of methoxy groups -OCH3 is 1. The SMILES string of the molecule is COc1ccc([C@@H](C)NC(=O)CN(C)c2nc3c(s2)c(C)nn3-c2cccc(C)c2)cc1. The lowest BCUT2D eigenvalue weighted by Gasteiger charge is -2.19. The van der Waals surface area contributed by atoms with Gasteiger partial charge in [-0.25, -0.2) is 4.68 Å². The van der Waals surface area contributed by atoms with Gasteiger partial charge in [-0.2, -0.15) is 10.1 Å². The van der Waals surface area contributed by atoms with Crippen LogP contribution in [0.4, 0.5) is 5.13 Å². The van der Waals surface area contributed by atoms with Crippen LogP contribution in [-0.4, -0.2) is 41.4 Å². The van der Waals surface area contributed by atoms with E-state index in [2.05, 4.69) is 29.5 Å². The molecule has 4 aromatic rings. The number of nitrogens with zero attached hydrogens (tertiary/aromatic N) is 4. The molecule has 0 aliphatic carbocycles. The number of carbonyl (C=O) groups is 1. The largest absolute Gasteiger partial charge is 0.497 e. The Bertz CT molecular complexity index is 1250. The third-order valence-electron chi connectivity index (χ3n) is 5.32. The Labute approximate surface area is 191 Å². The summed E-state index contributed by atoms with van der Waals surface area (Å²) in [5.41, 5.74) is 4.91. The summed E-state index contributed by atoms with van der Waals surface area (Å²) in [7, 11) is 3.52. The quantitative estimate of drug-likeness (QED) is 0.452. The molecular weight excluding hydrogens is 422 g/mol. The van der Waals surface area contributed by atoms with Crippen LogP contribution in [0.1, 0.15) is 29.8 Å². The van der Waals surface area contributed by atoms with Gasteiger partial charge in [-0.05, 0) is 56.2 Å². The first-order valence-electron chi connectivity index (χ1n) is 10.4. The summed E-state index contributed by atoms with van der Waals surface area (Å²) < 4.78 is 8.10. The first kappa shape index (κ1) is 21.8. The molecule has 7 nitrogen and oxygen atoms in total. The second-order valence-corrected chi connectivity index (χ2v) is 8.88. The van der Waals surface area contributed by atoms with Gasteiger partial charge in [-0.1, -0.05) is 35.6 Å². The van der Waals surface area contributed by atoms with Crippen LogP contribution in [0.25, 0.3) is 16.0 Å². The maximum atomic E-state index is 12.7. The number of aromatic nitrogens is 3. The van der Waals surface area contributed by atoms with Crippen LogP contribution >= 0.6 is 11.3 Å². The van der Waals surface area contributed by atoms with Crippen molar-refractivity contribution in [3.63, 3.8) is 0 Å². The number of nitrogens with one attached hydrogen (secondary N) is 1. The van der Waals surface area contributed by atoms with Gasteiger partial charge in [0.05, 0.1) is 35.8 Å². The van der Waals surface area contributed by atoms with Gasteiger partial charge in [-0.3, -0.25) is 4.79 Å². The van der Waals surface area contributed by atoms with Crippen molar-refractivity contribution in [2.75, 3.05) is 25.6 Å². The molecule has 4 rings (SSSR count). The molecule has 0 saturated carbocycles. The van der Waals surface area contributed by atoms with E-state index in [-0.39, 0.29) is 18.5 Å². The van der Waals surface area contributed by atoms with Crippen molar-refractivity contribution in [2.45, 2.75) is 26.8 Å². The minimum Gasteiger partial charge on any atom is -0.497 e. The van der Waals surface area contributed by atoms with Crippen molar-refractivity contribution in [3.05, 3.63) is 65.4 Å². The van der Waals surface area contributed by atoms with Crippen LogP contribution in [0.5, 0.6) is 5.75 Å². The number of thiazole rings is 1. The van der Waals surface area contributed by atoms with E-state index in [4.69, 9.17) is 9.72 Å². The fraction of sp³-hybridized carbons (Fsp3) is 0.292. The molecule has 166 valence electrons. The van der Waals surface area contributed by atoms with Crippen molar-refractivity contribution in [1.82, 2.24) is 20.1 Å². The average molecular weight is 450 g/mol. The van der Waals surface area contributed by atoms with E-state index in [1.54, 1.807) is 18.4 Å². The third kappa shape index (κ3) is 4.45. The Morgan fingerprint density at radius 2 is 1.97 bits per heavy atom. The summed E-state index contributed by atoms with van der Waals surface area (Å²) in [6.07, 6.45) is 0. The number of ether oxygens (including phenoxy) is 1. The maximum Gasteiger partial charge on any atom is 0.240 e. The molecule has 0 spiro atoms. The highest BCUT2D eigenvalue weighted by atomic mass is 32.1. The molecule has 2 heterocycles. The van der Waals surface area contributed by atoms with E-state index >= 15 is 0 Å². The normalized spacial score (nSPS) is 12.0. The topological polar surface area (TPSA) is 72.3 Å². The van der Waals surface area contributed by atoms with E-state index in [0.29, 0.717) is 0 Å². The second-order valence-electron chi connectivity index (χ2n) is 7.90. The monoisotopic (exact) mass is 449 g/mol. The molecular formula is C24H27N5O2S. The van der Waals surface area contributed by atoms with Crippen molar-refractivity contribution in [3.8, 4) is 11.4 Å². The molecule has 8 heteroatoms. The first-order valence-corrected chi connectivity index (χ1v) is 11.2. The predicted molar refractivity (Wildman–Crippen MR) is 129 cm³/mol. The second kappa shape index (κ2) is 9.00. The van der Waals surface area contributed by atoms with Crippen molar-refractivity contribution in [2.24, 2.45) is 0 Å². The standard InChI is InChI=1S/C24H27N5O2S/c1-15-7-6-8-19(13-15)29-23-22(17(3)27-29)32-24(26-23)28(4)14-21(30)25-16(2)18-9-11-20(31-5)12-10-18/h6-13,16H,14H2,1-5H3,(H,25,30)/t16-/m1/s1. The van der Waals surface area contributed by atoms with Gasteiger partial charge in [0.1, 0.15) is 5.75 Å². The average Bonchev–Trinajstić information content (AvgIpc) is 3.34. The Morgan fingerprint density at radius 1 is 1.22 bits per heavy atom. The zero-order chi connectivity index (χ0) is 22.8. The summed E-state index contributed by atoms with van der Waals surface area (Å²) in [4.78, 5) is 19.3. The number of carbonyl (C=O) groups excluding carboxylic acids is 1. The Morgan fingerprint density at radius 3 is 2.66 bits per heavy atom. The number of fused-ring (bicyclic) bond motifs is 1. The molecule has 2 aromatic heterocycles. The van der Waals surface area contributed by atoms with Gasteiger partial charge >= 0.3 is 0 Å². The van der Waals surface area contributed by atoms with Crippen LogP contribution in [-0.2, 0) is 4.79 Å². The first-order chi connectivity index (χ1) is 15.4. The number of rotatable bonds is 7. The van der Waals surface area contributed by atoms with E-state index in [1.807, 2.05) is 66.9 Å². The van der Waals surface area contributed by atoms with Crippen LogP contribution in [0, 0.1) is 13.8 Å². The number of likely N-dealkylation sites (N-methyl/N-ethyl adjacent to an activating group) is 1. The molecule has 1 amide bonds. The minimum absolute atomic E-state index is 0.0629. The van der Waals surface area contributed by atoms with Gasteiger partial charge in [0, 0.05) is 7.05 Å². The summed E-state index contributed by atoms with van der Waals surface area (Å²) in [5, 5.41) is 8.51. The summed E-state index contributed by atoms with van der Waals surface area (Å²) in [6, 6.07) is 15.8. The Kier molecular flexibility index (Phi) is 6.14. The zero-order valence-electron chi connectivity index (χ0n) is 18.9. The predicted octanol–water partition coefficient (Wildman–Crippen LogP) is 4.42. The highest BCUT2D eigenvalue weighted by molar-refractivity contribution is 7.22. The van der Waals surface area contributed by atoms with Crippen LogP contribution < -0.4 is 15.0 Å². The fourth-order valence-corrected chi connectivity index (χ4v) is 4.52. The van der Waals surface area contributed by atoms with E-state index in [1.165, 1.54) is 5.56 Å². The van der Waals surface area contributed by atoms with Gasteiger partial charge < -0.3 is 15.0 Å². The number of hydrogen-bond acceptors (Lipinski definition) is 6. The molecule has 0 aliphatic heterocycles. The van der Waals surface area contributed by atoms with E-state index in [0.717, 1.165) is 38.2 Å². The van der Waals surface area contributed by atoms with Gasteiger partial charge in [0.2, 0.25) is 5.91 Å². The smallest absolute Gasteiger partial charge is 0.240 e. The number of anilines is 1. The highest BCUT2D eigenvalue weighted by Gasteiger charge is 2.19. The molecule has 0 fully saturated rings. The molecule has 1 atom stereocenters. The number of aryl methyl sites for hydroxylation is 2. The van der Waals surface area contributed by atoms with Crippen molar-refractivity contribution in [1.29, 1.82) is 0 Å². The number of amides is 1. The summed E-state index contributed by atoms with van der Waals surface area (Å²) in [5.74, 6) is 0.731. The highest BCUT2D eigenvalue weighted by Crippen LogP contribution is 2.32. The molecule has 1 N–H and O–H groups in total. The van der Waals surface area contributed by atoms with Crippen LogP contribution in [0.2, 0.25) is 0 Å². The van der Waals surface area contributed by atoms with E-state index < -0.39 is 0 Å². The fourth-order valence-electron chi connectivity index (χ4n) is 3.57. The lowest BCUT2D eigenvalue weighted by Crippen LogP contribution is -2.36. The maximum absolute atomic E-state index is 12.7. The van der Waals surface area contributed by atoms with E-state index in [9.17, 15) is 4.79 Å². The Hall–Kier alpha value is -3.39. The van der Waals surface area contributed by atoms with Crippen molar-refractivity contribution >= 4 is 32.7 Å². The third-order valence-corrected chi connectivity index (χ3v) is 6.59. The molecule has 0 aliphatic rings. The van der Waals surface area contributed by atoms with Crippen LogP contribution in [0.3, 0.4) is 0 Å². The van der Waals surface area contributed by atoms with Crippen LogP contribution in [0.15, 0.2) is 48.5 Å². The van der Waals surface area contributed by atoms with Gasteiger partial charge in [-0.15, -0.1) is 0 Å². The lowest BCUT2D eigenvalue weighted by molar-refractivity contribution is -0.120. The number of benzene rings is 2.